The van der Waals surface area contributed by atoms with Gasteiger partial charge in [-0.05, 0) is 11.8 Å². The molecule has 0 aromatic heterocycles. The molecule has 1 atom stereocenters. The van der Waals surface area contributed by atoms with Crippen molar-refractivity contribution < 1.29 is 0 Å². The van der Waals surface area contributed by atoms with E-state index in [0.29, 0.717) is 0 Å². The Hall–Kier alpha value is -0.500. The number of nitrogens with zero attached hydrogens (tertiary/aromatic N) is 1. The Kier molecular flexibility index (Phi) is 4.48. The van der Waals surface area contributed by atoms with Crippen LogP contribution in [-0.2, 0) is 0 Å². The van der Waals surface area contributed by atoms with Crippen LogP contribution in [0.5, 0.6) is 0 Å². The summed E-state index contributed by atoms with van der Waals surface area (Å²) in [6.45, 7) is 13.7. The standard InChI is InChI=1S/C11H24N2/c1-7-8-13(6)9(2)10(12)11(3,4)5/h10H,2,7-8,12H2,1,3-6H3. The first kappa shape index (κ1) is 12.5. The van der Waals surface area contributed by atoms with E-state index < -0.39 is 0 Å². The van der Waals surface area contributed by atoms with Gasteiger partial charge < -0.3 is 10.6 Å². The number of hydrogen-bond acceptors (Lipinski definition) is 2. The van der Waals surface area contributed by atoms with Crippen LogP contribution in [-0.4, -0.2) is 24.5 Å². The first-order chi connectivity index (χ1) is 5.80. The second kappa shape index (κ2) is 4.66. The molecule has 1 unspecified atom stereocenters. The van der Waals surface area contributed by atoms with Crippen molar-refractivity contribution in [2.75, 3.05) is 13.6 Å². The maximum atomic E-state index is 6.08. The Balaban J connectivity index is 4.26. The van der Waals surface area contributed by atoms with E-state index in [1.165, 1.54) is 0 Å². The molecule has 0 bridgehead atoms. The smallest absolute Gasteiger partial charge is 0.0489 e. The van der Waals surface area contributed by atoms with Crippen molar-refractivity contribution in [3.05, 3.63) is 12.3 Å². The predicted molar refractivity (Wildman–Crippen MR) is 59.5 cm³/mol. The molecule has 0 aliphatic rings. The molecule has 0 heterocycles. The van der Waals surface area contributed by atoms with Crippen LogP contribution in [0.4, 0.5) is 0 Å². The molecule has 0 aliphatic heterocycles. The van der Waals surface area contributed by atoms with Gasteiger partial charge in [-0.2, -0.15) is 0 Å². The minimum Gasteiger partial charge on any atom is -0.377 e. The summed E-state index contributed by atoms with van der Waals surface area (Å²) in [5.74, 6) is 0. The Morgan fingerprint density at radius 1 is 1.46 bits per heavy atom. The third-order valence-corrected chi connectivity index (χ3v) is 2.34. The lowest BCUT2D eigenvalue weighted by atomic mass is 9.85. The summed E-state index contributed by atoms with van der Waals surface area (Å²) < 4.78 is 0. The fraction of sp³-hybridized carbons (Fsp3) is 0.818. The van der Waals surface area contributed by atoms with Gasteiger partial charge in [0.2, 0.25) is 0 Å². The van der Waals surface area contributed by atoms with Crippen LogP contribution < -0.4 is 5.73 Å². The highest BCUT2D eigenvalue weighted by Crippen LogP contribution is 2.23. The zero-order chi connectivity index (χ0) is 10.6. The predicted octanol–water partition coefficient (Wildman–Crippen LogP) is 2.22. The molecule has 0 saturated heterocycles. The van der Waals surface area contributed by atoms with Gasteiger partial charge in [0, 0.05) is 25.3 Å². The molecule has 0 aromatic rings. The highest BCUT2D eigenvalue weighted by molar-refractivity contribution is 5.07. The van der Waals surface area contributed by atoms with Crippen molar-refractivity contribution in [2.45, 2.75) is 40.2 Å². The SMILES string of the molecule is C=C(C(N)C(C)(C)C)N(C)CCC. The quantitative estimate of drug-likeness (QED) is 0.726. The van der Waals surface area contributed by atoms with Gasteiger partial charge >= 0.3 is 0 Å². The lowest BCUT2D eigenvalue weighted by Gasteiger charge is -2.34. The monoisotopic (exact) mass is 184 g/mol. The van der Waals surface area contributed by atoms with Gasteiger partial charge in [0.1, 0.15) is 0 Å². The molecule has 0 radical (unpaired) electrons. The zero-order valence-corrected chi connectivity index (χ0v) is 9.72. The Morgan fingerprint density at radius 2 is 1.92 bits per heavy atom. The molecule has 0 spiro atoms. The van der Waals surface area contributed by atoms with Crippen molar-refractivity contribution in [3.63, 3.8) is 0 Å². The van der Waals surface area contributed by atoms with Gasteiger partial charge in [-0.3, -0.25) is 0 Å². The molecule has 0 amide bonds. The molecule has 0 rings (SSSR count). The second-order valence-corrected chi connectivity index (χ2v) is 4.76. The molecular weight excluding hydrogens is 160 g/mol. The summed E-state index contributed by atoms with van der Waals surface area (Å²) >= 11 is 0. The Labute approximate surface area is 82.8 Å². The largest absolute Gasteiger partial charge is 0.377 e. The first-order valence-electron chi connectivity index (χ1n) is 4.96. The number of hydrogen-bond donors (Lipinski definition) is 1. The summed E-state index contributed by atoms with van der Waals surface area (Å²) in [7, 11) is 2.05. The fourth-order valence-electron chi connectivity index (χ4n) is 1.22. The lowest BCUT2D eigenvalue weighted by Crippen LogP contribution is -2.41. The highest BCUT2D eigenvalue weighted by Gasteiger charge is 2.24. The van der Waals surface area contributed by atoms with Crippen LogP contribution in [0.15, 0.2) is 12.3 Å². The van der Waals surface area contributed by atoms with E-state index in [1.807, 2.05) is 0 Å². The van der Waals surface area contributed by atoms with Gasteiger partial charge in [0.25, 0.3) is 0 Å². The van der Waals surface area contributed by atoms with Crippen molar-refractivity contribution in [3.8, 4) is 0 Å². The summed E-state index contributed by atoms with van der Waals surface area (Å²) in [6.07, 6.45) is 1.13. The highest BCUT2D eigenvalue weighted by atomic mass is 15.1. The van der Waals surface area contributed by atoms with E-state index in [-0.39, 0.29) is 11.5 Å². The van der Waals surface area contributed by atoms with Crippen LogP contribution in [0.25, 0.3) is 0 Å². The third-order valence-electron chi connectivity index (χ3n) is 2.34. The van der Waals surface area contributed by atoms with E-state index in [2.05, 4.69) is 46.2 Å². The number of rotatable bonds is 4. The molecule has 78 valence electrons. The Bertz CT molecular complexity index is 167. The zero-order valence-electron chi connectivity index (χ0n) is 9.72. The van der Waals surface area contributed by atoms with Gasteiger partial charge in [-0.15, -0.1) is 0 Å². The van der Waals surface area contributed by atoms with Gasteiger partial charge in [0.05, 0.1) is 0 Å². The molecule has 0 saturated carbocycles. The molecular formula is C11H24N2. The van der Waals surface area contributed by atoms with Gasteiger partial charge in [0.15, 0.2) is 0 Å². The van der Waals surface area contributed by atoms with Crippen LogP contribution in [0, 0.1) is 5.41 Å². The van der Waals surface area contributed by atoms with Crippen LogP contribution >= 0.6 is 0 Å². The second-order valence-electron chi connectivity index (χ2n) is 4.76. The van der Waals surface area contributed by atoms with E-state index in [9.17, 15) is 0 Å². The first-order valence-corrected chi connectivity index (χ1v) is 4.96. The van der Waals surface area contributed by atoms with Crippen molar-refractivity contribution in [1.29, 1.82) is 0 Å². The number of likely N-dealkylation sites (N-methyl/N-ethyl adjacent to an activating group) is 1. The molecule has 0 aliphatic carbocycles. The number of nitrogens with two attached hydrogens (primary N) is 1. The average Bonchev–Trinajstić information content (AvgIpc) is 2.00. The Morgan fingerprint density at radius 3 is 2.23 bits per heavy atom. The van der Waals surface area contributed by atoms with Crippen LogP contribution in [0.2, 0.25) is 0 Å². The molecule has 0 fully saturated rings. The van der Waals surface area contributed by atoms with E-state index in [4.69, 9.17) is 5.73 Å². The van der Waals surface area contributed by atoms with Gasteiger partial charge in [-0.1, -0.05) is 34.3 Å². The summed E-state index contributed by atoms with van der Waals surface area (Å²) in [5, 5.41) is 0. The lowest BCUT2D eigenvalue weighted by molar-refractivity contribution is 0.287. The minimum absolute atomic E-state index is 0.0454. The molecule has 2 heteroatoms. The maximum Gasteiger partial charge on any atom is 0.0489 e. The topological polar surface area (TPSA) is 29.3 Å². The van der Waals surface area contributed by atoms with E-state index >= 15 is 0 Å². The van der Waals surface area contributed by atoms with Crippen molar-refractivity contribution in [2.24, 2.45) is 11.1 Å². The average molecular weight is 184 g/mol. The van der Waals surface area contributed by atoms with E-state index in [1.54, 1.807) is 0 Å². The molecule has 2 nitrogen and oxygen atoms in total. The minimum atomic E-state index is 0.0454. The van der Waals surface area contributed by atoms with Gasteiger partial charge in [-0.25, -0.2) is 0 Å². The van der Waals surface area contributed by atoms with Crippen molar-refractivity contribution >= 4 is 0 Å². The fourth-order valence-corrected chi connectivity index (χ4v) is 1.22. The van der Waals surface area contributed by atoms with Crippen LogP contribution in [0.1, 0.15) is 34.1 Å². The van der Waals surface area contributed by atoms with Crippen molar-refractivity contribution in [1.82, 2.24) is 4.90 Å². The molecule has 2 N–H and O–H groups in total. The van der Waals surface area contributed by atoms with Crippen LogP contribution in [0.3, 0.4) is 0 Å². The normalized spacial score (nSPS) is 14.0. The van der Waals surface area contributed by atoms with E-state index in [0.717, 1.165) is 18.7 Å². The summed E-state index contributed by atoms with van der Waals surface area (Å²) in [6, 6.07) is 0.0454. The third kappa shape index (κ3) is 3.81. The summed E-state index contributed by atoms with van der Waals surface area (Å²) in [5.41, 5.74) is 7.22. The summed E-state index contributed by atoms with van der Waals surface area (Å²) in [4.78, 5) is 2.15. The molecule has 13 heavy (non-hydrogen) atoms. The maximum absolute atomic E-state index is 6.08. The molecule has 0 aromatic carbocycles.